The predicted molar refractivity (Wildman–Crippen MR) is 141 cm³/mol. The number of ether oxygens (including phenoxy) is 3. The number of thiazole rings is 1. The van der Waals surface area contributed by atoms with Crippen molar-refractivity contribution in [2.75, 3.05) is 13.7 Å². The van der Waals surface area contributed by atoms with E-state index in [4.69, 9.17) is 25.8 Å². The Morgan fingerprint density at radius 2 is 1.97 bits per heavy atom. The molecule has 1 aromatic heterocycles. The maximum absolute atomic E-state index is 13.7. The molecule has 2 heterocycles. The average Bonchev–Trinajstić information content (AvgIpc) is 3.17. The number of rotatable bonds is 7. The molecule has 0 radical (unpaired) electrons. The lowest BCUT2D eigenvalue weighted by atomic mass is 9.95. The van der Waals surface area contributed by atoms with E-state index in [0.29, 0.717) is 31.2 Å². The molecule has 0 N–H and O–H groups in total. The van der Waals surface area contributed by atoms with Crippen LogP contribution < -0.4 is 24.4 Å². The third-order valence-corrected chi connectivity index (χ3v) is 6.85. The van der Waals surface area contributed by atoms with E-state index in [2.05, 4.69) is 11.6 Å². The molecular formula is C27H23ClN2O6S. The highest BCUT2D eigenvalue weighted by Crippen LogP contribution is 2.36. The SMILES string of the molecule is C=CCOC(=O)C1=C(C)N=c2s/c(=C\c3ccccc3Cl)c(=O)n2C1c1ccc(OC(C)=O)c(OC)c1. The van der Waals surface area contributed by atoms with E-state index in [-0.39, 0.29) is 29.2 Å². The Hall–Kier alpha value is -3.95. The summed E-state index contributed by atoms with van der Waals surface area (Å²) in [6, 6.07) is 11.1. The molecule has 0 saturated carbocycles. The molecule has 37 heavy (non-hydrogen) atoms. The van der Waals surface area contributed by atoms with Crippen LogP contribution in [0.1, 0.15) is 31.0 Å². The largest absolute Gasteiger partial charge is 0.493 e. The van der Waals surface area contributed by atoms with E-state index in [1.54, 1.807) is 49.4 Å². The summed E-state index contributed by atoms with van der Waals surface area (Å²) < 4.78 is 17.8. The summed E-state index contributed by atoms with van der Waals surface area (Å²) in [5.74, 6) is -0.668. The summed E-state index contributed by atoms with van der Waals surface area (Å²) >= 11 is 7.50. The van der Waals surface area contributed by atoms with Crippen molar-refractivity contribution in [3.05, 3.63) is 102 Å². The second kappa shape index (κ2) is 11.0. The molecule has 0 aliphatic carbocycles. The molecule has 1 atom stereocenters. The molecule has 190 valence electrons. The van der Waals surface area contributed by atoms with Crippen molar-refractivity contribution in [1.82, 2.24) is 4.57 Å². The number of methoxy groups -OCH3 is 1. The second-order valence-electron chi connectivity index (χ2n) is 7.99. The molecule has 0 amide bonds. The Labute approximate surface area is 221 Å². The molecule has 3 aromatic rings. The minimum Gasteiger partial charge on any atom is -0.493 e. The number of carbonyl (C=O) groups is 2. The van der Waals surface area contributed by atoms with Crippen LogP contribution in [0.3, 0.4) is 0 Å². The van der Waals surface area contributed by atoms with Crippen LogP contribution in [0.4, 0.5) is 0 Å². The fraction of sp³-hybridized carbons (Fsp3) is 0.185. The van der Waals surface area contributed by atoms with E-state index >= 15 is 0 Å². The molecule has 2 aromatic carbocycles. The third kappa shape index (κ3) is 5.28. The maximum Gasteiger partial charge on any atom is 0.338 e. The molecule has 0 bridgehead atoms. The summed E-state index contributed by atoms with van der Waals surface area (Å²) in [5, 5.41) is 0.501. The second-order valence-corrected chi connectivity index (χ2v) is 9.41. The smallest absolute Gasteiger partial charge is 0.338 e. The van der Waals surface area contributed by atoms with Crippen molar-refractivity contribution in [3.8, 4) is 11.5 Å². The molecule has 0 fully saturated rings. The van der Waals surface area contributed by atoms with Gasteiger partial charge in [0.05, 0.1) is 29.0 Å². The molecule has 1 aliphatic heterocycles. The van der Waals surface area contributed by atoms with Gasteiger partial charge in [0.2, 0.25) is 0 Å². The molecule has 0 saturated heterocycles. The van der Waals surface area contributed by atoms with Crippen molar-refractivity contribution in [2.24, 2.45) is 4.99 Å². The van der Waals surface area contributed by atoms with Gasteiger partial charge in [-0.2, -0.15) is 0 Å². The van der Waals surface area contributed by atoms with E-state index in [1.165, 1.54) is 36.0 Å². The lowest BCUT2D eigenvalue weighted by Crippen LogP contribution is -2.40. The number of fused-ring (bicyclic) bond motifs is 1. The lowest BCUT2D eigenvalue weighted by Gasteiger charge is -2.25. The van der Waals surface area contributed by atoms with Crippen LogP contribution in [0.5, 0.6) is 11.5 Å². The van der Waals surface area contributed by atoms with Gasteiger partial charge in [0.15, 0.2) is 16.3 Å². The van der Waals surface area contributed by atoms with Crippen LogP contribution in [0.2, 0.25) is 5.02 Å². The highest BCUT2D eigenvalue weighted by molar-refractivity contribution is 7.07. The molecule has 8 nitrogen and oxygen atoms in total. The molecule has 1 unspecified atom stereocenters. The topological polar surface area (TPSA) is 96.2 Å². The number of aromatic nitrogens is 1. The van der Waals surface area contributed by atoms with Crippen LogP contribution in [0.25, 0.3) is 6.08 Å². The number of halogens is 1. The van der Waals surface area contributed by atoms with Gasteiger partial charge in [-0.1, -0.05) is 59.9 Å². The van der Waals surface area contributed by atoms with Crippen molar-refractivity contribution in [2.45, 2.75) is 19.9 Å². The third-order valence-electron chi connectivity index (χ3n) is 5.52. The Bertz CT molecular complexity index is 1620. The quantitative estimate of drug-likeness (QED) is 0.259. The van der Waals surface area contributed by atoms with Gasteiger partial charge < -0.3 is 14.2 Å². The molecule has 1 aliphatic rings. The Kier molecular flexibility index (Phi) is 7.75. The summed E-state index contributed by atoms with van der Waals surface area (Å²) in [6.07, 6.45) is 3.15. The summed E-state index contributed by atoms with van der Waals surface area (Å²) in [5.41, 5.74) is 1.48. The Morgan fingerprint density at radius 3 is 2.65 bits per heavy atom. The van der Waals surface area contributed by atoms with E-state index < -0.39 is 18.0 Å². The number of hydrogen-bond acceptors (Lipinski definition) is 8. The van der Waals surface area contributed by atoms with Crippen LogP contribution in [0.15, 0.2) is 76.2 Å². The first-order valence-corrected chi connectivity index (χ1v) is 12.4. The van der Waals surface area contributed by atoms with Gasteiger partial charge in [-0.15, -0.1) is 0 Å². The van der Waals surface area contributed by atoms with E-state index in [9.17, 15) is 14.4 Å². The van der Waals surface area contributed by atoms with Crippen molar-refractivity contribution in [1.29, 1.82) is 0 Å². The standard InChI is InChI=1S/C27H23ClN2O6S/c1-5-12-35-26(33)23-15(2)29-27-30(25(32)22(37-27)14-17-8-6-7-9-19(17)28)24(23)18-10-11-20(36-16(3)31)21(13-18)34-4/h5-11,13-14,24H,1,12H2,2-4H3/b22-14-. The fourth-order valence-electron chi connectivity index (χ4n) is 3.94. The van der Waals surface area contributed by atoms with Gasteiger partial charge in [0.25, 0.3) is 5.56 Å². The summed E-state index contributed by atoms with van der Waals surface area (Å²) in [6.45, 7) is 6.55. The van der Waals surface area contributed by atoms with Gasteiger partial charge in [-0.25, -0.2) is 9.79 Å². The maximum atomic E-state index is 13.7. The van der Waals surface area contributed by atoms with Crippen LogP contribution in [-0.2, 0) is 14.3 Å². The van der Waals surface area contributed by atoms with Gasteiger partial charge in [-0.3, -0.25) is 14.2 Å². The number of esters is 2. The van der Waals surface area contributed by atoms with E-state index in [1.807, 2.05) is 6.07 Å². The van der Waals surface area contributed by atoms with E-state index in [0.717, 1.165) is 0 Å². The molecule has 0 spiro atoms. The Morgan fingerprint density at radius 1 is 1.22 bits per heavy atom. The summed E-state index contributed by atoms with van der Waals surface area (Å²) in [7, 11) is 1.43. The van der Waals surface area contributed by atoms with Crippen LogP contribution >= 0.6 is 22.9 Å². The highest BCUT2D eigenvalue weighted by Gasteiger charge is 2.34. The number of allylic oxidation sites excluding steroid dienone is 1. The lowest BCUT2D eigenvalue weighted by molar-refractivity contribution is -0.138. The first kappa shape index (κ1) is 26.1. The molecule has 4 rings (SSSR count). The minimum absolute atomic E-state index is 0.00598. The normalized spacial score (nSPS) is 15.0. The van der Waals surface area contributed by atoms with Crippen molar-refractivity contribution >= 4 is 41.0 Å². The first-order valence-electron chi connectivity index (χ1n) is 11.2. The fourth-order valence-corrected chi connectivity index (χ4v) is 5.17. The molecule has 10 heteroatoms. The van der Waals surface area contributed by atoms with Crippen LogP contribution in [0, 0.1) is 0 Å². The van der Waals surface area contributed by atoms with Crippen molar-refractivity contribution in [3.63, 3.8) is 0 Å². The molecular weight excluding hydrogens is 516 g/mol. The number of nitrogens with zero attached hydrogens (tertiary/aromatic N) is 2. The summed E-state index contributed by atoms with van der Waals surface area (Å²) in [4.78, 5) is 43.4. The van der Waals surface area contributed by atoms with Gasteiger partial charge in [0.1, 0.15) is 6.61 Å². The minimum atomic E-state index is -0.873. The number of hydrogen-bond donors (Lipinski definition) is 0. The van der Waals surface area contributed by atoms with Gasteiger partial charge in [0, 0.05) is 11.9 Å². The van der Waals surface area contributed by atoms with Crippen LogP contribution in [-0.4, -0.2) is 30.2 Å². The Balaban J connectivity index is 1.96. The number of benzene rings is 2. The van der Waals surface area contributed by atoms with Gasteiger partial charge >= 0.3 is 11.9 Å². The zero-order valence-corrected chi connectivity index (χ0v) is 21.9. The monoisotopic (exact) mass is 538 g/mol. The van der Waals surface area contributed by atoms with Crippen molar-refractivity contribution < 1.29 is 23.8 Å². The average molecular weight is 539 g/mol. The zero-order chi connectivity index (χ0) is 26.7. The predicted octanol–water partition coefficient (Wildman–Crippen LogP) is 3.55. The highest BCUT2D eigenvalue weighted by atomic mass is 35.5. The zero-order valence-electron chi connectivity index (χ0n) is 20.3. The number of carbonyl (C=O) groups excluding carboxylic acids is 2. The first-order chi connectivity index (χ1) is 17.7. The van der Waals surface area contributed by atoms with Gasteiger partial charge in [-0.05, 0) is 42.3 Å².